The van der Waals surface area contributed by atoms with Crippen molar-refractivity contribution in [1.82, 2.24) is 0 Å². The molecule has 0 fully saturated rings. The summed E-state index contributed by atoms with van der Waals surface area (Å²) in [7, 11) is 2.11. The van der Waals surface area contributed by atoms with E-state index < -0.39 is 0 Å². The molecule has 1 nitrogen and oxygen atoms in total. The van der Waals surface area contributed by atoms with E-state index in [4.69, 9.17) is 0 Å². The van der Waals surface area contributed by atoms with Crippen molar-refractivity contribution in [2.75, 3.05) is 11.9 Å². The van der Waals surface area contributed by atoms with Crippen LogP contribution in [0.15, 0.2) is 78.9 Å². The Morgan fingerprint density at radius 3 is 1.70 bits per heavy atom. The fourth-order valence-electron chi connectivity index (χ4n) is 2.84. The van der Waals surface area contributed by atoms with Crippen LogP contribution in [0.4, 0.5) is 11.4 Å². The van der Waals surface area contributed by atoms with Crippen LogP contribution >= 0.6 is 0 Å². The first-order valence-corrected chi connectivity index (χ1v) is 8.10. The van der Waals surface area contributed by atoms with Gasteiger partial charge in [-0.3, -0.25) is 0 Å². The van der Waals surface area contributed by atoms with E-state index in [-0.39, 0.29) is 0 Å². The molecule has 0 N–H and O–H groups in total. The Kier molecular flexibility index (Phi) is 4.47. The Hall–Kier alpha value is -2.54. The van der Waals surface area contributed by atoms with E-state index in [1.165, 1.54) is 28.1 Å². The van der Waals surface area contributed by atoms with Gasteiger partial charge in [-0.15, -0.1) is 0 Å². The first-order valence-electron chi connectivity index (χ1n) is 8.10. The number of rotatable bonds is 4. The van der Waals surface area contributed by atoms with Crippen molar-refractivity contribution in [3.8, 4) is 0 Å². The third-order valence-corrected chi connectivity index (χ3v) is 4.50. The molecule has 3 rings (SSSR count). The zero-order chi connectivity index (χ0) is 16.2. The van der Waals surface area contributed by atoms with Gasteiger partial charge in [0.2, 0.25) is 0 Å². The van der Waals surface area contributed by atoms with Gasteiger partial charge >= 0.3 is 0 Å². The van der Waals surface area contributed by atoms with Gasteiger partial charge in [-0.2, -0.15) is 0 Å². The minimum Gasteiger partial charge on any atom is -0.345 e. The second kappa shape index (κ2) is 6.70. The summed E-state index contributed by atoms with van der Waals surface area (Å²) < 4.78 is 0. The Bertz CT molecular complexity index is 742. The van der Waals surface area contributed by atoms with Crippen LogP contribution in [0.5, 0.6) is 0 Å². The lowest BCUT2D eigenvalue weighted by Gasteiger charge is -2.21. The van der Waals surface area contributed by atoms with Gasteiger partial charge in [0.05, 0.1) is 0 Å². The smallest absolute Gasteiger partial charge is 0.0408 e. The molecule has 0 heterocycles. The van der Waals surface area contributed by atoms with Crippen LogP contribution in [-0.4, -0.2) is 7.05 Å². The first kappa shape index (κ1) is 15.4. The van der Waals surface area contributed by atoms with Gasteiger partial charge < -0.3 is 4.90 Å². The summed E-state index contributed by atoms with van der Waals surface area (Å²) in [6, 6.07) is 28.2. The van der Waals surface area contributed by atoms with Crippen LogP contribution < -0.4 is 4.90 Å². The summed E-state index contributed by atoms with van der Waals surface area (Å²) in [6.45, 7) is 4.37. The highest BCUT2D eigenvalue weighted by Crippen LogP contribution is 2.28. The van der Waals surface area contributed by atoms with Gasteiger partial charge in [-0.05, 0) is 42.3 Å². The molecule has 0 saturated heterocycles. The van der Waals surface area contributed by atoms with Crippen molar-refractivity contribution < 1.29 is 0 Å². The van der Waals surface area contributed by atoms with Gasteiger partial charge in [0.1, 0.15) is 0 Å². The highest BCUT2D eigenvalue weighted by Gasteiger charge is 2.09. The second-order valence-electron chi connectivity index (χ2n) is 6.12. The van der Waals surface area contributed by atoms with Crippen LogP contribution in [0, 0.1) is 6.92 Å². The Morgan fingerprint density at radius 2 is 1.13 bits per heavy atom. The van der Waals surface area contributed by atoms with Gasteiger partial charge in [0.25, 0.3) is 0 Å². The first-order chi connectivity index (χ1) is 11.1. The van der Waals surface area contributed by atoms with Crippen LogP contribution in [0.25, 0.3) is 0 Å². The monoisotopic (exact) mass is 301 g/mol. The van der Waals surface area contributed by atoms with Gasteiger partial charge in [-0.25, -0.2) is 0 Å². The number of aryl methyl sites for hydroxylation is 1. The molecule has 0 bridgehead atoms. The number of hydrogen-bond donors (Lipinski definition) is 0. The number of benzene rings is 3. The summed E-state index contributed by atoms with van der Waals surface area (Å²) in [5.74, 6) is 0.412. The topological polar surface area (TPSA) is 3.24 Å². The SMILES string of the molecule is Cc1ccc(N(C)c2ccc(C(C)c3ccccc3)cc2)cc1. The van der Waals surface area contributed by atoms with Gasteiger partial charge in [-0.1, -0.05) is 67.1 Å². The molecule has 116 valence electrons. The maximum absolute atomic E-state index is 2.26. The minimum absolute atomic E-state index is 0.412. The molecule has 1 unspecified atom stereocenters. The predicted octanol–water partition coefficient (Wildman–Crippen LogP) is 5.91. The molecule has 0 aromatic heterocycles. The van der Waals surface area contributed by atoms with Crippen molar-refractivity contribution in [3.63, 3.8) is 0 Å². The summed E-state index contributed by atoms with van der Waals surface area (Å²) in [4.78, 5) is 2.22. The largest absolute Gasteiger partial charge is 0.345 e. The van der Waals surface area contributed by atoms with Crippen LogP contribution in [0.2, 0.25) is 0 Å². The summed E-state index contributed by atoms with van der Waals surface area (Å²) in [5, 5.41) is 0. The molecule has 3 aromatic carbocycles. The van der Waals surface area contributed by atoms with Crippen molar-refractivity contribution >= 4 is 11.4 Å². The quantitative estimate of drug-likeness (QED) is 0.578. The summed E-state index contributed by atoms with van der Waals surface area (Å²) in [5.41, 5.74) is 6.40. The molecule has 0 aliphatic rings. The van der Waals surface area contributed by atoms with Crippen molar-refractivity contribution in [3.05, 3.63) is 95.6 Å². The molecule has 1 atom stereocenters. The Balaban J connectivity index is 1.80. The fourth-order valence-corrected chi connectivity index (χ4v) is 2.84. The van der Waals surface area contributed by atoms with E-state index in [0.29, 0.717) is 5.92 Å². The van der Waals surface area contributed by atoms with Crippen molar-refractivity contribution in [1.29, 1.82) is 0 Å². The van der Waals surface area contributed by atoms with E-state index in [2.05, 4.69) is 105 Å². The molecular weight excluding hydrogens is 278 g/mol. The van der Waals surface area contributed by atoms with Crippen molar-refractivity contribution in [2.24, 2.45) is 0 Å². The maximum Gasteiger partial charge on any atom is 0.0408 e. The molecule has 0 aliphatic carbocycles. The second-order valence-corrected chi connectivity index (χ2v) is 6.12. The van der Waals surface area contributed by atoms with Gasteiger partial charge in [0, 0.05) is 24.3 Å². The maximum atomic E-state index is 2.26. The number of hydrogen-bond acceptors (Lipinski definition) is 1. The standard InChI is InChI=1S/C22H23N/c1-17-9-13-21(14-10-17)23(3)22-15-11-20(12-16-22)18(2)19-7-5-4-6-8-19/h4-16,18H,1-3H3. The van der Waals surface area contributed by atoms with Crippen LogP contribution in [0.1, 0.15) is 29.5 Å². The van der Waals surface area contributed by atoms with Crippen LogP contribution in [-0.2, 0) is 0 Å². The molecule has 0 saturated carbocycles. The third kappa shape index (κ3) is 3.45. The average molecular weight is 301 g/mol. The highest BCUT2D eigenvalue weighted by atomic mass is 15.1. The normalized spacial score (nSPS) is 12.0. The molecule has 23 heavy (non-hydrogen) atoms. The molecule has 0 spiro atoms. The molecular formula is C22H23N. The van der Waals surface area contributed by atoms with Crippen LogP contribution in [0.3, 0.4) is 0 Å². The van der Waals surface area contributed by atoms with E-state index in [0.717, 1.165) is 0 Å². The lowest BCUT2D eigenvalue weighted by molar-refractivity contribution is 0.922. The fraction of sp³-hybridized carbons (Fsp3) is 0.182. The van der Waals surface area contributed by atoms with Crippen molar-refractivity contribution in [2.45, 2.75) is 19.8 Å². The number of anilines is 2. The summed E-state index contributed by atoms with van der Waals surface area (Å²) in [6.07, 6.45) is 0. The average Bonchev–Trinajstić information content (AvgIpc) is 2.62. The zero-order valence-corrected chi connectivity index (χ0v) is 14.0. The zero-order valence-electron chi connectivity index (χ0n) is 14.0. The van der Waals surface area contributed by atoms with E-state index in [1.54, 1.807) is 0 Å². The predicted molar refractivity (Wildman–Crippen MR) is 99.6 cm³/mol. The lowest BCUT2D eigenvalue weighted by atomic mass is 9.93. The van der Waals surface area contributed by atoms with E-state index in [9.17, 15) is 0 Å². The van der Waals surface area contributed by atoms with E-state index in [1.807, 2.05) is 0 Å². The lowest BCUT2D eigenvalue weighted by Crippen LogP contribution is -2.09. The molecule has 0 amide bonds. The summed E-state index contributed by atoms with van der Waals surface area (Å²) >= 11 is 0. The highest BCUT2D eigenvalue weighted by molar-refractivity contribution is 5.63. The minimum atomic E-state index is 0.412. The van der Waals surface area contributed by atoms with Gasteiger partial charge in [0.15, 0.2) is 0 Å². The number of nitrogens with zero attached hydrogens (tertiary/aromatic N) is 1. The van der Waals surface area contributed by atoms with E-state index >= 15 is 0 Å². The Labute approximate surface area is 139 Å². The molecule has 0 aliphatic heterocycles. The molecule has 1 heteroatoms. The third-order valence-electron chi connectivity index (χ3n) is 4.50. The molecule has 0 radical (unpaired) electrons. The molecule has 3 aromatic rings. The Morgan fingerprint density at radius 1 is 0.652 bits per heavy atom.